The molecular formula is C10H13Cl2N3O. The van der Waals surface area contributed by atoms with Crippen molar-refractivity contribution in [1.29, 1.82) is 0 Å². The van der Waals surface area contributed by atoms with E-state index in [0.29, 0.717) is 17.4 Å². The zero-order valence-corrected chi connectivity index (χ0v) is 10.5. The Morgan fingerprint density at radius 2 is 2.31 bits per heavy atom. The molecule has 0 spiro atoms. The van der Waals surface area contributed by atoms with Gasteiger partial charge in [0.05, 0.1) is 18.3 Å². The number of halogens is 2. The zero-order valence-electron chi connectivity index (χ0n) is 8.96. The standard InChI is InChI=1S/C10H13Cl2N3O/c1-10(3-2-4-16-6-10)15-8-7(11)5-13-9(12)14-8/h5H,2-4,6H2,1H3,(H,13,14,15). The van der Waals surface area contributed by atoms with Crippen LogP contribution in [0.25, 0.3) is 0 Å². The average molecular weight is 262 g/mol. The Kier molecular flexibility index (Phi) is 3.52. The first-order chi connectivity index (χ1) is 7.59. The van der Waals surface area contributed by atoms with Crippen LogP contribution in [0, 0.1) is 0 Å². The summed E-state index contributed by atoms with van der Waals surface area (Å²) < 4.78 is 5.45. The van der Waals surface area contributed by atoms with Crippen LogP contribution in [-0.4, -0.2) is 28.7 Å². The first-order valence-corrected chi connectivity index (χ1v) is 5.89. The lowest BCUT2D eigenvalue weighted by atomic mass is 9.95. The van der Waals surface area contributed by atoms with E-state index in [2.05, 4.69) is 22.2 Å². The summed E-state index contributed by atoms with van der Waals surface area (Å²) in [6.45, 7) is 3.54. The predicted molar refractivity (Wildman–Crippen MR) is 64.1 cm³/mol. The molecule has 1 fully saturated rings. The smallest absolute Gasteiger partial charge is 0.224 e. The van der Waals surface area contributed by atoms with E-state index in [0.717, 1.165) is 19.4 Å². The van der Waals surface area contributed by atoms with Crippen LogP contribution in [0.15, 0.2) is 6.20 Å². The van der Waals surface area contributed by atoms with Crippen LogP contribution in [-0.2, 0) is 4.74 Å². The summed E-state index contributed by atoms with van der Waals surface area (Å²) >= 11 is 11.7. The number of nitrogens with zero attached hydrogens (tertiary/aromatic N) is 2. The first-order valence-electron chi connectivity index (χ1n) is 5.13. The van der Waals surface area contributed by atoms with Crippen LogP contribution in [0.3, 0.4) is 0 Å². The highest BCUT2D eigenvalue weighted by Crippen LogP contribution is 2.27. The minimum atomic E-state index is -0.139. The fraction of sp³-hybridized carbons (Fsp3) is 0.600. The molecule has 0 radical (unpaired) electrons. The molecule has 1 saturated heterocycles. The van der Waals surface area contributed by atoms with Gasteiger partial charge in [-0.3, -0.25) is 0 Å². The maximum Gasteiger partial charge on any atom is 0.224 e. The maximum atomic E-state index is 5.99. The van der Waals surface area contributed by atoms with E-state index < -0.39 is 0 Å². The second-order valence-corrected chi connectivity index (χ2v) is 4.92. The number of ether oxygens (including phenoxy) is 1. The van der Waals surface area contributed by atoms with Crippen molar-refractivity contribution >= 4 is 29.0 Å². The molecule has 1 aromatic rings. The third kappa shape index (κ3) is 2.75. The normalized spacial score (nSPS) is 25.4. The van der Waals surface area contributed by atoms with Gasteiger partial charge in [-0.25, -0.2) is 4.98 Å². The molecule has 88 valence electrons. The van der Waals surface area contributed by atoms with Gasteiger partial charge in [0.15, 0.2) is 0 Å². The molecule has 2 rings (SSSR count). The van der Waals surface area contributed by atoms with Crippen molar-refractivity contribution in [3.05, 3.63) is 16.5 Å². The fourth-order valence-corrected chi connectivity index (χ4v) is 2.02. The van der Waals surface area contributed by atoms with Gasteiger partial charge in [-0.2, -0.15) is 4.98 Å². The monoisotopic (exact) mass is 261 g/mol. The second-order valence-electron chi connectivity index (χ2n) is 4.18. The molecule has 1 atom stereocenters. The van der Waals surface area contributed by atoms with Gasteiger partial charge in [0.1, 0.15) is 10.8 Å². The molecule has 0 aromatic carbocycles. The SMILES string of the molecule is CC1(Nc2nc(Cl)ncc2Cl)CCCOC1. The van der Waals surface area contributed by atoms with Gasteiger partial charge in [0.25, 0.3) is 0 Å². The summed E-state index contributed by atoms with van der Waals surface area (Å²) in [5.41, 5.74) is -0.139. The lowest BCUT2D eigenvalue weighted by molar-refractivity contribution is 0.0539. The molecule has 2 heterocycles. The van der Waals surface area contributed by atoms with Crippen LogP contribution < -0.4 is 5.32 Å². The van der Waals surface area contributed by atoms with Crippen molar-refractivity contribution in [1.82, 2.24) is 9.97 Å². The minimum Gasteiger partial charge on any atom is -0.379 e. The molecule has 1 aliphatic rings. The summed E-state index contributed by atoms with van der Waals surface area (Å²) in [6.07, 6.45) is 3.54. The Morgan fingerprint density at radius 3 is 3.00 bits per heavy atom. The summed E-state index contributed by atoms with van der Waals surface area (Å²) in [6, 6.07) is 0. The fourth-order valence-electron chi connectivity index (χ4n) is 1.75. The summed E-state index contributed by atoms with van der Waals surface area (Å²) in [7, 11) is 0. The van der Waals surface area contributed by atoms with Gasteiger partial charge in [-0.05, 0) is 31.4 Å². The highest BCUT2D eigenvalue weighted by atomic mass is 35.5. The summed E-state index contributed by atoms with van der Waals surface area (Å²) in [5, 5.41) is 3.93. The third-order valence-electron chi connectivity index (χ3n) is 2.57. The van der Waals surface area contributed by atoms with Crippen LogP contribution >= 0.6 is 23.2 Å². The molecule has 0 bridgehead atoms. The molecule has 4 nitrogen and oxygen atoms in total. The van der Waals surface area contributed by atoms with Crippen molar-refractivity contribution in [2.24, 2.45) is 0 Å². The number of anilines is 1. The Labute approximate surface area is 104 Å². The topological polar surface area (TPSA) is 47.0 Å². The largest absolute Gasteiger partial charge is 0.379 e. The van der Waals surface area contributed by atoms with E-state index in [1.807, 2.05) is 0 Å². The number of aromatic nitrogens is 2. The molecule has 1 N–H and O–H groups in total. The number of hydrogen-bond donors (Lipinski definition) is 1. The van der Waals surface area contributed by atoms with Crippen LogP contribution in [0.5, 0.6) is 0 Å². The van der Waals surface area contributed by atoms with E-state index >= 15 is 0 Å². The van der Waals surface area contributed by atoms with Gasteiger partial charge in [-0.15, -0.1) is 0 Å². The van der Waals surface area contributed by atoms with Gasteiger partial charge in [-0.1, -0.05) is 11.6 Å². The molecular weight excluding hydrogens is 249 g/mol. The predicted octanol–water partition coefficient (Wildman–Crippen LogP) is 2.76. The number of nitrogens with one attached hydrogen (secondary N) is 1. The summed E-state index contributed by atoms with van der Waals surface area (Å²) in [5.74, 6) is 0.565. The van der Waals surface area contributed by atoms with Gasteiger partial charge < -0.3 is 10.1 Å². The highest BCUT2D eigenvalue weighted by molar-refractivity contribution is 6.33. The first kappa shape index (κ1) is 11.9. The average Bonchev–Trinajstić information content (AvgIpc) is 2.24. The van der Waals surface area contributed by atoms with Crippen LogP contribution in [0.4, 0.5) is 5.82 Å². The third-order valence-corrected chi connectivity index (χ3v) is 3.03. The highest BCUT2D eigenvalue weighted by Gasteiger charge is 2.28. The Hall–Kier alpha value is -0.580. The maximum absolute atomic E-state index is 5.99. The van der Waals surface area contributed by atoms with E-state index in [1.165, 1.54) is 6.20 Å². The van der Waals surface area contributed by atoms with E-state index in [-0.39, 0.29) is 10.8 Å². The Morgan fingerprint density at radius 1 is 1.50 bits per heavy atom. The Balaban J connectivity index is 2.15. The molecule has 1 aliphatic heterocycles. The molecule has 0 saturated carbocycles. The Bertz CT molecular complexity index is 380. The molecule has 1 unspecified atom stereocenters. The lowest BCUT2D eigenvalue weighted by Gasteiger charge is -2.34. The van der Waals surface area contributed by atoms with E-state index in [9.17, 15) is 0 Å². The van der Waals surface area contributed by atoms with E-state index in [4.69, 9.17) is 27.9 Å². The summed E-state index contributed by atoms with van der Waals surface area (Å²) in [4.78, 5) is 7.87. The quantitative estimate of drug-likeness (QED) is 0.832. The van der Waals surface area contributed by atoms with Crippen LogP contribution in [0.1, 0.15) is 19.8 Å². The molecule has 0 amide bonds. The second kappa shape index (κ2) is 4.73. The lowest BCUT2D eigenvalue weighted by Crippen LogP contribution is -2.43. The number of hydrogen-bond acceptors (Lipinski definition) is 4. The molecule has 16 heavy (non-hydrogen) atoms. The van der Waals surface area contributed by atoms with Gasteiger partial charge in [0, 0.05) is 6.61 Å². The molecule has 6 heteroatoms. The van der Waals surface area contributed by atoms with Crippen molar-refractivity contribution in [2.75, 3.05) is 18.5 Å². The minimum absolute atomic E-state index is 0.139. The van der Waals surface area contributed by atoms with Crippen LogP contribution in [0.2, 0.25) is 10.3 Å². The number of rotatable bonds is 2. The van der Waals surface area contributed by atoms with Crippen molar-refractivity contribution in [3.8, 4) is 0 Å². The van der Waals surface area contributed by atoms with Crippen molar-refractivity contribution < 1.29 is 4.74 Å². The zero-order chi connectivity index (χ0) is 11.6. The molecule has 0 aliphatic carbocycles. The van der Waals surface area contributed by atoms with Crippen molar-refractivity contribution in [3.63, 3.8) is 0 Å². The van der Waals surface area contributed by atoms with E-state index in [1.54, 1.807) is 0 Å². The molecule has 1 aromatic heterocycles. The van der Waals surface area contributed by atoms with Gasteiger partial charge in [0.2, 0.25) is 5.28 Å². The van der Waals surface area contributed by atoms with Crippen molar-refractivity contribution in [2.45, 2.75) is 25.3 Å². The van der Waals surface area contributed by atoms with Gasteiger partial charge >= 0.3 is 0 Å².